The second-order valence-electron chi connectivity index (χ2n) is 4.85. The molecule has 0 aliphatic carbocycles. The van der Waals surface area contributed by atoms with Gasteiger partial charge in [-0.05, 0) is 43.7 Å². The average molecular weight is 269 g/mol. The van der Waals surface area contributed by atoms with Crippen LogP contribution in [0.1, 0.15) is 29.9 Å². The predicted molar refractivity (Wildman–Crippen MR) is 80.5 cm³/mol. The Morgan fingerprint density at radius 1 is 1.20 bits per heavy atom. The molecule has 1 amide bonds. The van der Waals surface area contributed by atoms with Crippen LogP contribution in [0.25, 0.3) is 0 Å². The molecule has 0 bridgehead atoms. The van der Waals surface area contributed by atoms with Crippen molar-refractivity contribution in [2.75, 3.05) is 4.90 Å². The first-order valence-corrected chi connectivity index (χ1v) is 6.67. The minimum absolute atomic E-state index is 0.0493. The molecule has 104 valence electrons. The number of nitrogens with zero attached hydrogens (tertiary/aromatic N) is 2. The lowest BCUT2D eigenvalue weighted by molar-refractivity contribution is 0.0975. The summed E-state index contributed by atoms with van der Waals surface area (Å²) in [4.78, 5) is 18.4. The van der Waals surface area contributed by atoms with Crippen molar-refractivity contribution in [1.29, 1.82) is 0 Å². The van der Waals surface area contributed by atoms with Crippen LogP contribution in [0.4, 0.5) is 5.69 Å². The van der Waals surface area contributed by atoms with Crippen LogP contribution >= 0.6 is 0 Å². The number of carbonyl (C=O) groups excluding carboxylic acids is 1. The summed E-state index contributed by atoms with van der Waals surface area (Å²) in [6.07, 6.45) is 1.63. The molecule has 2 aromatic rings. The number of carbonyl (C=O) groups is 1. The molecule has 0 saturated heterocycles. The zero-order chi connectivity index (χ0) is 14.5. The maximum atomic E-state index is 12.6. The summed E-state index contributed by atoms with van der Waals surface area (Å²) in [5.41, 5.74) is 7.94. The molecular formula is C16H19N3O. The Hall–Kier alpha value is -2.20. The fourth-order valence-corrected chi connectivity index (χ4v) is 2.06. The molecule has 4 nitrogen and oxygen atoms in total. The van der Waals surface area contributed by atoms with E-state index in [0.29, 0.717) is 12.2 Å². The summed E-state index contributed by atoms with van der Waals surface area (Å²) < 4.78 is 0. The van der Waals surface area contributed by atoms with E-state index in [9.17, 15) is 4.79 Å². The highest BCUT2D eigenvalue weighted by Crippen LogP contribution is 2.20. The summed E-state index contributed by atoms with van der Waals surface area (Å²) in [5.74, 6) is -0.0962. The molecule has 1 aromatic carbocycles. The Labute approximate surface area is 119 Å². The largest absolute Gasteiger partial charge is 0.326 e. The van der Waals surface area contributed by atoms with Gasteiger partial charge in [0.25, 0.3) is 5.91 Å². The van der Waals surface area contributed by atoms with Crippen LogP contribution < -0.4 is 10.6 Å². The molecule has 1 aromatic heterocycles. The number of anilines is 1. The Kier molecular flexibility index (Phi) is 4.48. The van der Waals surface area contributed by atoms with Crippen molar-refractivity contribution in [2.24, 2.45) is 5.73 Å². The Bertz CT molecular complexity index is 564. The molecule has 0 fully saturated rings. The van der Waals surface area contributed by atoms with E-state index in [2.05, 4.69) is 4.98 Å². The normalized spacial score (nSPS) is 10.6. The van der Waals surface area contributed by atoms with Crippen molar-refractivity contribution in [3.05, 3.63) is 59.9 Å². The Morgan fingerprint density at radius 3 is 2.40 bits per heavy atom. The highest BCUT2D eigenvalue weighted by molar-refractivity contribution is 6.05. The summed E-state index contributed by atoms with van der Waals surface area (Å²) in [5, 5.41) is 0. The lowest BCUT2D eigenvalue weighted by Gasteiger charge is -2.26. The molecule has 0 aliphatic rings. The predicted octanol–water partition coefficient (Wildman–Crippen LogP) is 2.60. The maximum absolute atomic E-state index is 12.6. The molecule has 1 heterocycles. The fourth-order valence-electron chi connectivity index (χ4n) is 2.06. The molecule has 2 rings (SSSR count). The topological polar surface area (TPSA) is 59.2 Å². The third-order valence-electron chi connectivity index (χ3n) is 3.07. The molecular weight excluding hydrogens is 250 g/mol. The lowest BCUT2D eigenvalue weighted by atomic mass is 10.1. The number of aromatic nitrogens is 1. The van der Waals surface area contributed by atoms with Crippen molar-refractivity contribution < 1.29 is 4.79 Å². The highest BCUT2D eigenvalue weighted by atomic mass is 16.2. The summed E-state index contributed by atoms with van der Waals surface area (Å²) in [7, 11) is 0. The van der Waals surface area contributed by atoms with Gasteiger partial charge in [0.2, 0.25) is 0 Å². The maximum Gasteiger partial charge on any atom is 0.277 e. The van der Waals surface area contributed by atoms with Crippen LogP contribution in [-0.4, -0.2) is 16.9 Å². The van der Waals surface area contributed by atoms with Gasteiger partial charge in [0, 0.05) is 24.5 Å². The van der Waals surface area contributed by atoms with Crippen molar-refractivity contribution in [1.82, 2.24) is 4.98 Å². The molecule has 20 heavy (non-hydrogen) atoms. The van der Waals surface area contributed by atoms with E-state index in [1.54, 1.807) is 23.2 Å². The number of amides is 1. The van der Waals surface area contributed by atoms with Gasteiger partial charge in [-0.25, -0.2) is 0 Å². The third kappa shape index (κ3) is 3.03. The molecule has 0 radical (unpaired) electrons. The molecule has 0 spiro atoms. The Balaban J connectivity index is 2.33. The zero-order valence-corrected chi connectivity index (χ0v) is 11.8. The van der Waals surface area contributed by atoms with E-state index < -0.39 is 0 Å². The first-order valence-electron chi connectivity index (χ1n) is 6.67. The van der Waals surface area contributed by atoms with Gasteiger partial charge in [-0.15, -0.1) is 0 Å². The quantitative estimate of drug-likeness (QED) is 0.928. The van der Waals surface area contributed by atoms with Crippen LogP contribution in [0.2, 0.25) is 0 Å². The number of nitrogens with two attached hydrogens (primary N) is 1. The standard InChI is InChI=1S/C16H19N3O/c1-12(2)19(14-8-6-13(11-17)7-9-14)16(20)15-5-3-4-10-18-15/h3-10,12H,11,17H2,1-2H3. The number of pyridine rings is 1. The lowest BCUT2D eigenvalue weighted by Crippen LogP contribution is -2.37. The van der Waals surface area contributed by atoms with E-state index in [0.717, 1.165) is 11.3 Å². The smallest absolute Gasteiger partial charge is 0.277 e. The highest BCUT2D eigenvalue weighted by Gasteiger charge is 2.21. The van der Waals surface area contributed by atoms with E-state index in [4.69, 9.17) is 5.73 Å². The van der Waals surface area contributed by atoms with E-state index in [1.807, 2.05) is 44.2 Å². The van der Waals surface area contributed by atoms with Crippen LogP contribution in [0.15, 0.2) is 48.7 Å². The number of hydrogen-bond acceptors (Lipinski definition) is 3. The molecule has 0 atom stereocenters. The van der Waals surface area contributed by atoms with Crippen LogP contribution in [0.3, 0.4) is 0 Å². The molecule has 4 heteroatoms. The number of rotatable bonds is 4. The van der Waals surface area contributed by atoms with E-state index >= 15 is 0 Å². The third-order valence-corrected chi connectivity index (χ3v) is 3.07. The van der Waals surface area contributed by atoms with Crippen LogP contribution in [-0.2, 0) is 6.54 Å². The molecule has 0 aliphatic heterocycles. The van der Waals surface area contributed by atoms with Crippen molar-refractivity contribution in [3.63, 3.8) is 0 Å². The Morgan fingerprint density at radius 2 is 1.90 bits per heavy atom. The first kappa shape index (κ1) is 14.2. The van der Waals surface area contributed by atoms with Crippen LogP contribution in [0, 0.1) is 0 Å². The fraction of sp³-hybridized carbons (Fsp3) is 0.250. The van der Waals surface area contributed by atoms with Gasteiger partial charge in [0.1, 0.15) is 5.69 Å². The summed E-state index contributed by atoms with van der Waals surface area (Å²) >= 11 is 0. The first-order chi connectivity index (χ1) is 9.63. The minimum atomic E-state index is -0.0962. The van der Waals surface area contributed by atoms with E-state index in [-0.39, 0.29) is 11.9 Å². The van der Waals surface area contributed by atoms with Gasteiger partial charge in [0.15, 0.2) is 0 Å². The SMILES string of the molecule is CC(C)N(C(=O)c1ccccn1)c1ccc(CN)cc1. The molecule has 0 saturated carbocycles. The van der Waals surface area contributed by atoms with Crippen molar-refractivity contribution >= 4 is 11.6 Å². The summed E-state index contributed by atoms with van der Waals surface area (Å²) in [6.45, 7) is 4.46. The van der Waals surface area contributed by atoms with E-state index in [1.165, 1.54) is 0 Å². The van der Waals surface area contributed by atoms with Gasteiger partial charge in [-0.1, -0.05) is 18.2 Å². The van der Waals surface area contributed by atoms with Gasteiger partial charge >= 0.3 is 0 Å². The second kappa shape index (κ2) is 6.30. The van der Waals surface area contributed by atoms with Gasteiger partial charge in [-0.3, -0.25) is 9.78 Å². The summed E-state index contributed by atoms with van der Waals surface area (Å²) in [6, 6.07) is 13.1. The second-order valence-corrected chi connectivity index (χ2v) is 4.85. The van der Waals surface area contributed by atoms with Gasteiger partial charge in [0.05, 0.1) is 0 Å². The molecule has 2 N–H and O–H groups in total. The van der Waals surface area contributed by atoms with Crippen molar-refractivity contribution in [3.8, 4) is 0 Å². The molecule has 0 unspecified atom stereocenters. The number of hydrogen-bond donors (Lipinski definition) is 1. The number of benzene rings is 1. The monoisotopic (exact) mass is 269 g/mol. The minimum Gasteiger partial charge on any atom is -0.326 e. The van der Waals surface area contributed by atoms with Gasteiger partial charge in [-0.2, -0.15) is 0 Å². The van der Waals surface area contributed by atoms with Gasteiger partial charge < -0.3 is 10.6 Å². The zero-order valence-electron chi connectivity index (χ0n) is 11.8. The average Bonchev–Trinajstić information content (AvgIpc) is 2.48. The van der Waals surface area contributed by atoms with Crippen molar-refractivity contribution in [2.45, 2.75) is 26.4 Å². The van der Waals surface area contributed by atoms with Crippen LogP contribution in [0.5, 0.6) is 0 Å².